The average molecular weight is 568 g/mol. The molecule has 0 spiro atoms. The monoisotopic (exact) mass is 567 g/mol. The first-order chi connectivity index (χ1) is 18.7. The average Bonchev–Trinajstić information content (AvgIpc) is 2.86. The van der Waals surface area contributed by atoms with E-state index < -0.39 is 36.5 Å². The molecule has 0 unspecified atom stereocenters. The molecule has 11 nitrogen and oxygen atoms in total. The van der Waals surface area contributed by atoms with E-state index in [0.29, 0.717) is 17.9 Å². The number of benzene rings is 1. The second kappa shape index (κ2) is 17.4. The molecule has 0 aliphatic rings. The lowest BCUT2D eigenvalue weighted by molar-refractivity contribution is -0.166. The van der Waals surface area contributed by atoms with E-state index in [2.05, 4.69) is 0 Å². The van der Waals surface area contributed by atoms with Gasteiger partial charge >= 0.3 is 24.2 Å². The number of carbonyl (C=O) groups is 4. The van der Waals surface area contributed by atoms with Gasteiger partial charge < -0.3 is 34.2 Å². The van der Waals surface area contributed by atoms with Gasteiger partial charge in [0, 0.05) is 6.42 Å². The van der Waals surface area contributed by atoms with Crippen LogP contribution < -0.4 is 15.2 Å². The summed E-state index contributed by atoms with van der Waals surface area (Å²) in [5, 5.41) is 0. The van der Waals surface area contributed by atoms with Crippen LogP contribution in [0.5, 0.6) is 11.5 Å². The fourth-order valence-corrected chi connectivity index (χ4v) is 3.02. The third-order valence-corrected chi connectivity index (χ3v) is 5.43. The molecule has 3 atom stereocenters. The number of hydrogen-bond acceptors (Lipinski definition) is 11. The second-order valence-corrected chi connectivity index (χ2v) is 11.0. The van der Waals surface area contributed by atoms with Crippen LogP contribution >= 0.6 is 0 Å². The predicted octanol–water partition coefficient (Wildman–Crippen LogP) is 5.20. The zero-order valence-corrected chi connectivity index (χ0v) is 24.9. The van der Waals surface area contributed by atoms with Crippen molar-refractivity contribution >= 4 is 24.2 Å². The van der Waals surface area contributed by atoms with E-state index in [1.807, 2.05) is 41.5 Å². The van der Waals surface area contributed by atoms with E-state index in [0.717, 1.165) is 0 Å². The second-order valence-electron chi connectivity index (χ2n) is 11.0. The summed E-state index contributed by atoms with van der Waals surface area (Å²) < 4.78 is 31.3. The minimum absolute atomic E-state index is 0.0174. The molecule has 0 aliphatic carbocycles. The summed E-state index contributed by atoms with van der Waals surface area (Å²) in [5.74, 6) is -0.691. The molecule has 1 aromatic rings. The molecule has 0 heterocycles. The first-order valence-corrected chi connectivity index (χ1v) is 13.7. The molecular formula is C29H45NO10. The van der Waals surface area contributed by atoms with Crippen molar-refractivity contribution in [3.8, 4) is 11.5 Å². The Morgan fingerprint density at radius 2 is 1.25 bits per heavy atom. The third kappa shape index (κ3) is 14.2. The lowest BCUT2D eigenvalue weighted by Crippen LogP contribution is -2.39. The topological polar surface area (TPSA) is 150 Å². The summed E-state index contributed by atoms with van der Waals surface area (Å²) in [6.07, 6.45) is -2.32. The number of rotatable bonds is 15. The van der Waals surface area contributed by atoms with Crippen LogP contribution in [0.2, 0.25) is 0 Å². The number of esters is 2. The van der Waals surface area contributed by atoms with E-state index in [1.54, 1.807) is 19.9 Å². The van der Waals surface area contributed by atoms with Gasteiger partial charge in [-0.15, -0.1) is 0 Å². The Labute approximate surface area is 236 Å². The maximum absolute atomic E-state index is 12.6. The van der Waals surface area contributed by atoms with Gasteiger partial charge in [-0.25, -0.2) is 9.59 Å². The number of ether oxygens (including phenoxy) is 6. The van der Waals surface area contributed by atoms with Crippen LogP contribution in [0.4, 0.5) is 9.59 Å². The van der Waals surface area contributed by atoms with Gasteiger partial charge in [0.15, 0.2) is 11.5 Å². The highest BCUT2D eigenvalue weighted by molar-refractivity contribution is 5.76. The molecule has 0 aliphatic heterocycles. The smallest absolute Gasteiger partial charge is 0.459 e. The minimum Gasteiger partial charge on any atom is -0.459 e. The fourth-order valence-electron chi connectivity index (χ4n) is 3.02. The lowest BCUT2D eigenvalue weighted by atomic mass is 10.1. The minimum atomic E-state index is -1.07. The number of nitrogens with two attached hydrogens (primary N) is 1. The van der Waals surface area contributed by atoms with E-state index in [9.17, 15) is 19.2 Å². The first-order valence-electron chi connectivity index (χ1n) is 13.7. The van der Waals surface area contributed by atoms with Gasteiger partial charge in [-0.05, 0) is 62.1 Å². The Bertz CT molecular complexity index is 976. The standard InChI is InChI=1S/C29H45NO10/c1-17(2)9-12-26(31)37-20(7)21(8)38-27(32)23(30)13-22-10-11-24(39-28(33)35-15-18(3)4)25(14-22)40-29(34)36-16-19(5)6/h10-11,14,17-21,23H,9,12-13,15-16,30H2,1-8H3/t20-,21-,23-/m0/s1. The number of carbonyl (C=O) groups excluding carboxylic acids is 4. The van der Waals surface area contributed by atoms with Gasteiger partial charge in [-0.2, -0.15) is 0 Å². The van der Waals surface area contributed by atoms with Crippen molar-refractivity contribution in [1.29, 1.82) is 0 Å². The number of hydrogen-bond donors (Lipinski definition) is 1. The Morgan fingerprint density at radius 3 is 1.77 bits per heavy atom. The van der Waals surface area contributed by atoms with Crippen LogP contribution in [-0.2, 0) is 35.0 Å². The molecule has 2 N–H and O–H groups in total. The van der Waals surface area contributed by atoms with Crippen LogP contribution in [0, 0.1) is 17.8 Å². The summed E-state index contributed by atoms with van der Waals surface area (Å²) >= 11 is 0. The van der Waals surface area contributed by atoms with Gasteiger partial charge in [-0.3, -0.25) is 9.59 Å². The molecular weight excluding hydrogens is 522 g/mol. The molecule has 0 saturated heterocycles. The van der Waals surface area contributed by atoms with Crippen molar-refractivity contribution in [3.05, 3.63) is 23.8 Å². The van der Waals surface area contributed by atoms with Crippen LogP contribution in [0.3, 0.4) is 0 Å². The van der Waals surface area contributed by atoms with Crippen LogP contribution in [0.15, 0.2) is 18.2 Å². The molecule has 226 valence electrons. The molecule has 0 bridgehead atoms. The maximum Gasteiger partial charge on any atom is 0.513 e. The molecule has 40 heavy (non-hydrogen) atoms. The van der Waals surface area contributed by atoms with Crippen molar-refractivity contribution in [1.82, 2.24) is 0 Å². The molecule has 0 amide bonds. The molecule has 1 aromatic carbocycles. The normalized spacial score (nSPS) is 13.4. The predicted molar refractivity (Wildman–Crippen MR) is 147 cm³/mol. The molecule has 0 saturated carbocycles. The van der Waals surface area contributed by atoms with Crippen LogP contribution in [-0.4, -0.2) is 55.7 Å². The van der Waals surface area contributed by atoms with E-state index in [-0.39, 0.29) is 55.4 Å². The Balaban J connectivity index is 2.88. The Kier molecular flexibility index (Phi) is 15.1. The zero-order valence-electron chi connectivity index (χ0n) is 24.9. The van der Waals surface area contributed by atoms with Crippen molar-refractivity contribution < 1.29 is 47.6 Å². The van der Waals surface area contributed by atoms with Crippen molar-refractivity contribution in [2.45, 2.75) is 92.9 Å². The molecule has 0 aromatic heterocycles. The first kappa shape index (κ1) is 34.7. The van der Waals surface area contributed by atoms with Crippen LogP contribution in [0.1, 0.15) is 73.8 Å². The maximum atomic E-state index is 12.6. The summed E-state index contributed by atoms with van der Waals surface area (Å²) in [4.78, 5) is 48.9. The Hall–Kier alpha value is -3.34. The third-order valence-electron chi connectivity index (χ3n) is 5.43. The molecule has 11 heteroatoms. The zero-order chi connectivity index (χ0) is 30.4. The van der Waals surface area contributed by atoms with Gasteiger partial charge in [0.05, 0.1) is 13.2 Å². The molecule has 0 fully saturated rings. The summed E-state index contributed by atoms with van der Waals surface area (Å²) in [7, 11) is 0. The highest BCUT2D eigenvalue weighted by atomic mass is 16.7. The van der Waals surface area contributed by atoms with E-state index >= 15 is 0 Å². The van der Waals surface area contributed by atoms with Gasteiger partial charge in [0.2, 0.25) is 0 Å². The fraction of sp³-hybridized carbons (Fsp3) is 0.655. The van der Waals surface area contributed by atoms with Gasteiger partial charge in [0.1, 0.15) is 18.2 Å². The lowest BCUT2D eigenvalue weighted by Gasteiger charge is -2.22. The van der Waals surface area contributed by atoms with Crippen LogP contribution in [0.25, 0.3) is 0 Å². The Morgan fingerprint density at radius 1 is 0.725 bits per heavy atom. The summed E-state index contributed by atoms with van der Waals surface area (Å²) in [6.45, 7) is 15.0. The highest BCUT2D eigenvalue weighted by Gasteiger charge is 2.25. The van der Waals surface area contributed by atoms with E-state index in [4.69, 9.17) is 34.2 Å². The SMILES string of the molecule is CC(C)CCC(=O)O[C@@H](C)[C@H](C)OC(=O)[C@@H](N)Cc1ccc(OC(=O)OCC(C)C)c(OC(=O)OCC(C)C)c1. The largest absolute Gasteiger partial charge is 0.513 e. The van der Waals surface area contributed by atoms with Gasteiger partial charge in [-0.1, -0.05) is 47.6 Å². The van der Waals surface area contributed by atoms with Crippen molar-refractivity contribution in [2.75, 3.05) is 13.2 Å². The summed E-state index contributed by atoms with van der Waals surface area (Å²) in [5.41, 5.74) is 6.58. The van der Waals surface area contributed by atoms with Gasteiger partial charge in [0.25, 0.3) is 0 Å². The molecule has 1 rings (SSSR count). The van der Waals surface area contributed by atoms with Crippen molar-refractivity contribution in [3.63, 3.8) is 0 Å². The van der Waals surface area contributed by atoms with Crippen molar-refractivity contribution in [2.24, 2.45) is 23.5 Å². The quantitative estimate of drug-likeness (QED) is 0.169. The van der Waals surface area contributed by atoms with E-state index in [1.165, 1.54) is 12.1 Å². The highest BCUT2D eigenvalue weighted by Crippen LogP contribution is 2.30. The molecule has 0 radical (unpaired) electrons. The summed E-state index contributed by atoms with van der Waals surface area (Å²) in [6, 6.07) is 3.30.